The summed E-state index contributed by atoms with van der Waals surface area (Å²) < 4.78 is 5.52. The minimum absolute atomic E-state index is 0.0664. The van der Waals surface area contributed by atoms with E-state index in [0.29, 0.717) is 18.9 Å². The van der Waals surface area contributed by atoms with E-state index in [0.717, 1.165) is 12.0 Å². The van der Waals surface area contributed by atoms with E-state index in [9.17, 15) is 5.11 Å². The highest BCUT2D eigenvalue weighted by molar-refractivity contribution is 4.96. The number of hydrogen-bond acceptors (Lipinski definition) is 2. The quantitative estimate of drug-likeness (QED) is 0.640. The van der Waals surface area contributed by atoms with Crippen molar-refractivity contribution in [1.82, 2.24) is 0 Å². The Morgan fingerprint density at radius 1 is 1.36 bits per heavy atom. The Balaban J connectivity index is 4.14. The van der Waals surface area contributed by atoms with Gasteiger partial charge >= 0.3 is 0 Å². The van der Waals surface area contributed by atoms with Crippen molar-refractivity contribution >= 4 is 0 Å². The Labute approximate surface area is 88.0 Å². The molecular weight excluding hydrogens is 176 g/mol. The van der Waals surface area contributed by atoms with Crippen LogP contribution in [0.5, 0.6) is 0 Å². The van der Waals surface area contributed by atoms with Crippen LogP contribution in [0.25, 0.3) is 0 Å². The third kappa shape index (κ3) is 4.77. The van der Waals surface area contributed by atoms with Crippen molar-refractivity contribution in [3.05, 3.63) is 12.2 Å². The topological polar surface area (TPSA) is 29.5 Å². The van der Waals surface area contributed by atoms with Gasteiger partial charge in [0.1, 0.15) is 0 Å². The van der Waals surface area contributed by atoms with E-state index in [4.69, 9.17) is 4.74 Å². The molecule has 0 amide bonds. The maximum Gasteiger partial charge on any atom is 0.0859 e. The zero-order chi connectivity index (χ0) is 11.1. The first-order chi connectivity index (χ1) is 6.52. The van der Waals surface area contributed by atoms with E-state index < -0.39 is 6.10 Å². The van der Waals surface area contributed by atoms with Gasteiger partial charge in [0.25, 0.3) is 0 Å². The zero-order valence-electron chi connectivity index (χ0n) is 9.92. The summed E-state index contributed by atoms with van der Waals surface area (Å²) in [5.74, 6) is 0.342. The SMILES string of the molecule is C=C(CC)CC(O)C(OCC)C(C)C. The molecule has 0 spiro atoms. The molecule has 0 radical (unpaired) electrons. The molecule has 0 aliphatic carbocycles. The fraction of sp³-hybridized carbons (Fsp3) is 0.833. The number of ether oxygens (including phenoxy) is 1. The second kappa shape index (κ2) is 7.02. The molecule has 0 saturated heterocycles. The van der Waals surface area contributed by atoms with Crippen LogP contribution in [0.4, 0.5) is 0 Å². The first-order valence-corrected chi connectivity index (χ1v) is 5.49. The van der Waals surface area contributed by atoms with Gasteiger partial charge in [-0.1, -0.05) is 32.9 Å². The van der Waals surface area contributed by atoms with Gasteiger partial charge in [0.15, 0.2) is 0 Å². The molecule has 0 bridgehead atoms. The highest BCUT2D eigenvalue weighted by atomic mass is 16.5. The Bertz CT molecular complexity index is 164. The van der Waals surface area contributed by atoms with E-state index in [-0.39, 0.29) is 6.10 Å². The highest BCUT2D eigenvalue weighted by Gasteiger charge is 2.22. The predicted octanol–water partition coefficient (Wildman–Crippen LogP) is 2.76. The number of aliphatic hydroxyl groups excluding tert-OH is 1. The molecule has 2 atom stereocenters. The van der Waals surface area contributed by atoms with E-state index in [1.165, 1.54) is 0 Å². The monoisotopic (exact) mass is 200 g/mol. The van der Waals surface area contributed by atoms with E-state index in [1.54, 1.807) is 0 Å². The molecule has 2 nitrogen and oxygen atoms in total. The van der Waals surface area contributed by atoms with Crippen molar-refractivity contribution in [3.63, 3.8) is 0 Å². The molecule has 14 heavy (non-hydrogen) atoms. The number of hydrogen-bond donors (Lipinski definition) is 1. The predicted molar refractivity (Wildman–Crippen MR) is 60.3 cm³/mol. The van der Waals surface area contributed by atoms with Gasteiger partial charge in [-0.25, -0.2) is 0 Å². The third-order valence-corrected chi connectivity index (χ3v) is 2.39. The van der Waals surface area contributed by atoms with Gasteiger partial charge in [-0.2, -0.15) is 0 Å². The van der Waals surface area contributed by atoms with Crippen molar-refractivity contribution in [2.45, 2.75) is 52.7 Å². The molecule has 0 aliphatic heterocycles. The van der Waals surface area contributed by atoms with Gasteiger partial charge in [0.2, 0.25) is 0 Å². The summed E-state index contributed by atoms with van der Waals surface area (Å²) in [6, 6.07) is 0. The molecule has 0 saturated carbocycles. The van der Waals surface area contributed by atoms with Crippen LogP contribution >= 0.6 is 0 Å². The molecule has 0 aliphatic rings. The van der Waals surface area contributed by atoms with Gasteiger partial charge in [-0.3, -0.25) is 0 Å². The third-order valence-electron chi connectivity index (χ3n) is 2.39. The summed E-state index contributed by atoms with van der Waals surface area (Å²) in [4.78, 5) is 0. The molecule has 1 N–H and O–H groups in total. The fourth-order valence-corrected chi connectivity index (χ4v) is 1.50. The molecule has 0 heterocycles. The van der Waals surface area contributed by atoms with Crippen LogP contribution in [0, 0.1) is 5.92 Å². The Hall–Kier alpha value is -0.340. The minimum Gasteiger partial charge on any atom is -0.390 e. The standard InChI is InChI=1S/C12H24O2/c1-6-10(5)8-11(13)12(9(3)4)14-7-2/h9,11-13H,5-8H2,1-4H3. The van der Waals surface area contributed by atoms with Crippen LogP contribution in [-0.4, -0.2) is 23.9 Å². The lowest BCUT2D eigenvalue weighted by Crippen LogP contribution is -2.34. The lowest BCUT2D eigenvalue weighted by atomic mass is 9.96. The fourth-order valence-electron chi connectivity index (χ4n) is 1.50. The Kier molecular flexibility index (Phi) is 6.85. The van der Waals surface area contributed by atoms with Crippen LogP contribution < -0.4 is 0 Å². The van der Waals surface area contributed by atoms with E-state index in [1.807, 2.05) is 6.92 Å². The first kappa shape index (κ1) is 13.7. The lowest BCUT2D eigenvalue weighted by molar-refractivity contribution is -0.0563. The second-order valence-corrected chi connectivity index (χ2v) is 4.04. The smallest absolute Gasteiger partial charge is 0.0859 e. The van der Waals surface area contributed by atoms with Crippen molar-refractivity contribution in [2.75, 3.05) is 6.61 Å². The van der Waals surface area contributed by atoms with Crippen molar-refractivity contribution in [2.24, 2.45) is 5.92 Å². The summed E-state index contributed by atoms with van der Waals surface area (Å²) in [6.45, 7) is 12.7. The summed E-state index contributed by atoms with van der Waals surface area (Å²) in [7, 11) is 0. The van der Waals surface area contributed by atoms with E-state index >= 15 is 0 Å². The van der Waals surface area contributed by atoms with Crippen LogP contribution in [0.3, 0.4) is 0 Å². The lowest BCUT2D eigenvalue weighted by Gasteiger charge is -2.26. The summed E-state index contributed by atoms with van der Waals surface area (Å²) in [6.07, 6.45) is 1.10. The normalized spacial score (nSPS) is 15.6. The van der Waals surface area contributed by atoms with Crippen LogP contribution in [0.1, 0.15) is 40.5 Å². The van der Waals surface area contributed by atoms with Gasteiger partial charge in [0.05, 0.1) is 12.2 Å². The molecule has 0 rings (SSSR count). The van der Waals surface area contributed by atoms with Crippen molar-refractivity contribution in [3.8, 4) is 0 Å². The van der Waals surface area contributed by atoms with Crippen LogP contribution in [0.15, 0.2) is 12.2 Å². The van der Waals surface area contributed by atoms with Gasteiger partial charge < -0.3 is 9.84 Å². The molecule has 0 fully saturated rings. The summed E-state index contributed by atoms with van der Waals surface area (Å²) >= 11 is 0. The Morgan fingerprint density at radius 2 is 1.93 bits per heavy atom. The second-order valence-electron chi connectivity index (χ2n) is 4.04. The molecule has 2 heteroatoms. The Morgan fingerprint density at radius 3 is 2.29 bits per heavy atom. The minimum atomic E-state index is -0.414. The average molecular weight is 200 g/mol. The maximum absolute atomic E-state index is 9.93. The van der Waals surface area contributed by atoms with E-state index in [2.05, 4.69) is 27.4 Å². The van der Waals surface area contributed by atoms with Gasteiger partial charge in [-0.15, -0.1) is 0 Å². The molecular formula is C12H24O2. The first-order valence-electron chi connectivity index (χ1n) is 5.49. The van der Waals surface area contributed by atoms with Crippen molar-refractivity contribution < 1.29 is 9.84 Å². The highest BCUT2D eigenvalue weighted by Crippen LogP contribution is 2.17. The largest absolute Gasteiger partial charge is 0.390 e. The number of aliphatic hydroxyl groups is 1. The molecule has 0 aromatic heterocycles. The van der Waals surface area contributed by atoms with Gasteiger partial charge in [-0.05, 0) is 25.7 Å². The molecule has 84 valence electrons. The maximum atomic E-state index is 9.93. The summed E-state index contributed by atoms with van der Waals surface area (Å²) in [5.41, 5.74) is 1.09. The molecule has 0 aromatic carbocycles. The van der Waals surface area contributed by atoms with Crippen LogP contribution in [0.2, 0.25) is 0 Å². The molecule has 0 aromatic rings. The number of rotatable bonds is 7. The average Bonchev–Trinajstić information content (AvgIpc) is 2.13. The van der Waals surface area contributed by atoms with Crippen LogP contribution in [-0.2, 0) is 4.74 Å². The molecule has 2 unspecified atom stereocenters. The van der Waals surface area contributed by atoms with Crippen molar-refractivity contribution in [1.29, 1.82) is 0 Å². The summed E-state index contributed by atoms with van der Waals surface area (Å²) in [5, 5.41) is 9.93. The van der Waals surface area contributed by atoms with Gasteiger partial charge in [0, 0.05) is 6.61 Å². The zero-order valence-corrected chi connectivity index (χ0v) is 9.92.